The number of allylic oxidation sites excluding steroid dienone is 1. The molecule has 4 nitrogen and oxygen atoms in total. The minimum atomic E-state index is -0.226. The van der Waals surface area contributed by atoms with Crippen LogP contribution in [-0.2, 0) is 17.8 Å². The number of hydrogen-bond donors (Lipinski definition) is 1. The van der Waals surface area contributed by atoms with Crippen LogP contribution in [0.5, 0.6) is 5.75 Å². The Hall–Kier alpha value is -2.36. The molecule has 3 aliphatic rings. The van der Waals surface area contributed by atoms with Crippen molar-refractivity contribution >= 4 is 11.9 Å². The molecular formula is C25H30N2O2. The van der Waals surface area contributed by atoms with Crippen LogP contribution in [0.2, 0.25) is 0 Å². The molecule has 1 N–H and O–H groups in total. The van der Waals surface area contributed by atoms with Gasteiger partial charge in [0, 0.05) is 23.7 Å². The Morgan fingerprint density at radius 1 is 1.34 bits per heavy atom. The van der Waals surface area contributed by atoms with E-state index in [1.165, 1.54) is 11.1 Å². The summed E-state index contributed by atoms with van der Waals surface area (Å²) in [4.78, 5) is 13.5. The van der Waals surface area contributed by atoms with Gasteiger partial charge in [-0.15, -0.1) is 0 Å². The average Bonchev–Trinajstić information content (AvgIpc) is 3.19. The Bertz CT molecular complexity index is 1020. The largest absolute Gasteiger partial charge is 0.508 e. The number of ketones is 1. The fourth-order valence-electron chi connectivity index (χ4n) is 6.39. The summed E-state index contributed by atoms with van der Waals surface area (Å²) in [7, 11) is 0. The Kier molecular flexibility index (Phi) is 4.23. The Morgan fingerprint density at radius 3 is 2.93 bits per heavy atom. The number of aryl methyl sites for hydroxylation is 3. The van der Waals surface area contributed by atoms with E-state index in [-0.39, 0.29) is 5.41 Å². The number of carbonyl (C=O) groups is 1. The summed E-state index contributed by atoms with van der Waals surface area (Å²) in [6.45, 7) is 7.17. The van der Waals surface area contributed by atoms with Gasteiger partial charge in [0.05, 0.1) is 5.69 Å². The summed E-state index contributed by atoms with van der Waals surface area (Å²) in [5, 5.41) is 14.4. The molecular weight excluding hydrogens is 360 g/mol. The van der Waals surface area contributed by atoms with Crippen molar-refractivity contribution in [2.24, 2.45) is 17.3 Å². The highest BCUT2D eigenvalue weighted by atomic mass is 16.3. The van der Waals surface area contributed by atoms with Crippen molar-refractivity contribution in [3.63, 3.8) is 0 Å². The quantitative estimate of drug-likeness (QED) is 0.731. The molecule has 2 aromatic rings. The van der Waals surface area contributed by atoms with Gasteiger partial charge in [0.1, 0.15) is 5.75 Å². The van der Waals surface area contributed by atoms with Gasteiger partial charge in [0.2, 0.25) is 0 Å². The number of phenolic OH excluding ortho intramolecular Hbond substituents is 1. The minimum Gasteiger partial charge on any atom is -0.508 e. The van der Waals surface area contributed by atoms with Gasteiger partial charge in [-0.3, -0.25) is 9.48 Å². The van der Waals surface area contributed by atoms with E-state index < -0.39 is 0 Å². The first-order valence-electron chi connectivity index (χ1n) is 11.0. The van der Waals surface area contributed by atoms with Crippen molar-refractivity contribution in [2.45, 2.75) is 65.3 Å². The molecule has 29 heavy (non-hydrogen) atoms. The number of rotatable bonds is 2. The van der Waals surface area contributed by atoms with Crippen LogP contribution >= 0.6 is 0 Å². The van der Waals surface area contributed by atoms with Gasteiger partial charge in [-0.2, -0.15) is 5.10 Å². The molecule has 2 saturated carbocycles. The molecule has 4 atom stereocenters. The zero-order chi connectivity index (χ0) is 20.3. The van der Waals surface area contributed by atoms with E-state index in [0.29, 0.717) is 29.3 Å². The first-order chi connectivity index (χ1) is 13.9. The summed E-state index contributed by atoms with van der Waals surface area (Å²) < 4.78 is 1.94. The molecule has 5 rings (SSSR count). The lowest BCUT2D eigenvalue weighted by molar-refractivity contribution is -0.127. The minimum absolute atomic E-state index is 0.226. The van der Waals surface area contributed by atoms with Crippen LogP contribution in [0, 0.1) is 24.2 Å². The number of nitrogens with zero attached hydrogens (tertiary/aromatic N) is 2. The van der Waals surface area contributed by atoms with Crippen molar-refractivity contribution in [1.82, 2.24) is 9.78 Å². The average molecular weight is 391 g/mol. The number of carbonyl (C=O) groups excluding carboxylic acids is 1. The van der Waals surface area contributed by atoms with Crippen molar-refractivity contribution in [1.29, 1.82) is 0 Å². The van der Waals surface area contributed by atoms with Gasteiger partial charge < -0.3 is 5.11 Å². The van der Waals surface area contributed by atoms with Gasteiger partial charge in [0.15, 0.2) is 5.78 Å². The zero-order valence-electron chi connectivity index (χ0n) is 17.6. The van der Waals surface area contributed by atoms with Gasteiger partial charge in [-0.25, -0.2) is 0 Å². The Labute approximate surface area is 172 Å². The second-order valence-electron chi connectivity index (χ2n) is 9.48. The summed E-state index contributed by atoms with van der Waals surface area (Å²) >= 11 is 0. The predicted molar refractivity (Wildman–Crippen MR) is 114 cm³/mol. The lowest BCUT2D eigenvalue weighted by Gasteiger charge is -2.48. The zero-order valence-corrected chi connectivity index (χ0v) is 17.6. The molecule has 0 aliphatic heterocycles. The molecule has 1 aromatic heterocycles. The highest BCUT2D eigenvalue weighted by Crippen LogP contribution is 2.60. The highest BCUT2D eigenvalue weighted by Gasteiger charge is 2.56. The highest BCUT2D eigenvalue weighted by molar-refractivity contribution is 6.06. The van der Waals surface area contributed by atoms with Crippen LogP contribution in [-0.4, -0.2) is 20.7 Å². The van der Waals surface area contributed by atoms with E-state index in [2.05, 4.69) is 37.3 Å². The maximum absolute atomic E-state index is 13.5. The number of Topliss-reactive ketones (excluding diaryl/α,β-unsaturated/α-hetero) is 1. The van der Waals surface area contributed by atoms with Crippen LogP contribution in [0.1, 0.15) is 67.8 Å². The lowest BCUT2D eigenvalue weighted by atomic mass is 9.55. The number of phenols is 1. The number of aromatic hydroxyl groups is 1. The maximum Gasteiger partial charge on any atom is 0.165 e. The molecule has 3 aliphatic carbocycles. The van der Waals surface area contributed by atoms with E-state index in [1.807, 2.05) is 23.7 Å². The van der Waals surface area contributed by atoms with E-state index in [9.17, 15) is 9.90 Å². The molecule has 0 amide bonds. The second kappa shape index (κ2) is 6.58. The fourth-order valence-corrected chi connectivity index (χ4v) is 6.39. The molecule has 4 heteroatoms. The van der Waals surface area contributed by atoms with Crippen LogP contribution in [0.25, 0.3) is 6.08 Å². The maximum atomic E-state index is 13.5. The molecule has 0 bridgehead atoms. The van der Waals surface area contributed by atoms with Gasteiger partial charge >= 0.3 is 0 Å². The molecule has 0 saturated heterocycles. The van der Waals surface area contributed by atoms with E-state index in [1.54, 1.807) is 0 Å². The molecule has 0 unspecified atom stereocenters. The van der Waals surface area contributed by atoms with Gasteiger partial charge in [-0.1, -0.05) is 13.0 Å². The van der Waals surface area contributed by atoms with E-state index in [0.717, 1.165) is 55.5 Å². The third-order valence-corrected chi connectivity index (χ3v) is 7.99. The first-order valence-corrected chi connectivity index (χ1v) is 11.0. The fraction of sp³-hybridized carbons (Fsp3) is 0.520. The normalized spacial score (nSPS) is 32.2. The molecule has 2 fully saturated rings. The molecule has 0 spiro atoms. The van der Waals surface area contributed by atoms with Crippen molar-refractivity contribution < 1.29 is 9.90 Å². The van der Waals surface area contributed by atoms with Crippen molar-refractivity contribution in [3.8, 4) is 5.75 Å². The second-order valence-corrected chi connectivity index (χ2v) is 9.48. The van der Waals surface area contributed by atoms with Crippen molar-refractivity contribution in [3.05, 3.63) is 52.4 Å². The lowest BCUT2D eigenvalue weighted by Crippen LogP contribution is -2.42. The summed E-state index contributed by atoms with van der Waals surface area (Å²) in [5.41, 5.74) is 5.56. The molecule has 1 heterocycles. The third-order valence-electron chi connectivity index (χ3n) is 7.99. The predicted octanol–water partition coefficient (Wildman–Crippen LogP) is 5.04. The molecule has 1 aromatic carbocycles. The number of benzene rings is 1. The van der Waals surface area contributed by atoms with Gasteiger partial charge in [0.25, 0.3) is 0 Å². The third kappa shape index (κ3) is 2.79. The summed E-state index contributed by atoms with van der Waals surface area (Å²) in [6.07, 6.45) is 9.22. The Morgan fingerprint density at radius 2 is 2.17 bits per heavy atom. The van der Waals surface area contributed by atoms with E-state index in [4.69, 9.17) is 0 Å². The number of hydrogen-bond acceptors (Lipinski definition) is 3. The SMILES string of the molecule is CCn1cc(/C=C2\C[C@@H]3[C@@H]4CCc5cc(O)ccc5[C@H]4CC[C@]3(C)C2=O)c(C)n1. The smallest absolute Gasteiger partial charge is 0.165 e. The standard InChI is InChI=1S/C25H30N2O2/c1-4-27-14-18(15(2)26-27)11-17-13-23-22-7-5-16-12-19(28)6-8-20(16)21(22)9-10-25(23,3)24(17)29/h6,8,11-12,14,21-23,28H,4-5,7,9-10,13H2,1-3H3/b17-11+/t21-,22-,23-,25+/m1/s1. The van der Waals surface area contributed by atoms with Crippen molar-refractivity contribution in [2.75, 3.05) is 0 Å². The number of aromatic nitrogens is 2. The van der Waals surface area contributed by atoms with E-state index >= 15 is 0 Å². The van der Waals surface area contributed by atoms with Crippen LogP contribution < -0.4 is 0 Å². The van der Waals surface area contributed by atoms with Crippen LogP contribution in [0.15, 0.2) is 30.0 Å². The summed E-state index contributed by atoms with van der Waals surface area (Å²) in [5.74, 6) is 2.23. The molecule has 0 radical (unpaired) electrons. The molecule has 152 valence electrons. The van der Waals surface area contributed by atoms with Gasteiger partial charge in [-0.05, 0) is 98.6 Å². The summed E-state index contributed by atoms with van der Waals surface area (Å²) in [6, 6.07) is 5.90. The Balaban J connectivity index is 1.49. The van der Waals surface area contributed by atoms with Crippen LogP contribution in [0.3, 0.4) is 0 Å². The van der Waals surface area contributed by atoms with Crippen LogP contribution in [0.4, 0.5) is 0 Å². The monoisotopic (exact) mass is 390 g/mol. The first kappa shape index (κ1) is 18.7. The topological polar surface area (TPSA) is 55.1 Å². The number of fused-ring (bicyclic) bond motifs is 5.